The van der Waals surface area contributed by atoms with Crippen molar-refractivity contribution in [1.82, 2.24) is 0 Å². The van der Waals surface area contributed by atoms with Gasteiger partial charge in [-0.2, -0.15) is 0 Å². The first-order valence-electron chi connectivity index (χ1n) is 7.22. The fourth-order valence-corrected chi connectivity index (χ4v) is 2.17. The zero-order valence-corrected chi connectivity index (χ0v) is 14.0. The molecule has 23 heavy (non-hydrogen) atoms. The van der Waals surface area contributed by atoms with Crippen molar-refractivity contribution in [3.8, 4) is 0 Å². The van der Waals surface area contributed by atoms with Crippen molar-refractivity contribution in [3.63, 3.8) is 0 Å². The van der Waals surface area contributed by atoms with Crippen molar-refractivity contribution in [2.24, 2.45) is 0 Å². The van der Waals surface area contributed by atoms with E-state index in [0.29, 0.717) is 16.3 Å². The molecule has 0 aliphatic rings. The summed E-state index contributed by atoms with van der Waals surface area (Å²) in [6, 6.07) is 12.3. The van der Waals surface area contributed by atoms with Gasteiger partial charge in [0.25, 0.3) is 5.91 Å². The van der Waals surface area contributed by atoms with Gasteiger partial charge in [0.2, 0.25) is 0 Å². The van der Waals surface area contributed by atoms with Crippen LogP contribution in [0.4, 0.5) is 5.69 Å². The molecule has 0 spiro atoms. The standard InChI is InChI=1S/C18H18ClNO3/c1-11-6-4-5-7-15(11)18(22)23-13(3)17(21)20-14-9-8-12(2)16(19)10-14/h4-10,13H,1-3H3,(H,20,21)/t13-/m0/s1. The quantitative estimate of drug-likeness (QED) is 0.857. The lowest BCUT2D eigenvalue weighted by Gasteiger charge is -2.14. The highest BCUT2D eigenvalue weighted by Gasteiger charge is 2.20. The number of hydrogen-bond donors (Lipinski definition) is 1. The lowest BCUT2D eigenvalue weighted by Crippen LogP contribution is -2.30. The molecule has 1 N–H and O–H groups in total. The first kappa shape index (κ1) is 17.0. The number of carbonyl (C=O) groups excluding carboxylic acids is 2. The molecule has 0 saturated carbocycles. The summed E-state index contributed by atoms with van der Waals surface area (Å²) < 4.78 is 5.22. The molecular formula is C18H18ClNO3. The number of esters is 1. The first-order valence-corrected chi connectivity index (χ1v) is 7.60. The van der Waals surface area contributed by atoms with Crippen molar-refractivity contribution in [2.45, 2.75) is 26.9 Å². The fraction of sp³-hybridized carbons (Fsp3) is 0.222. The zero-order chi connectivity index (χ0) is 17.0. The largest absolute Gasteiger partial charge is 0.449 e. The van der Waals surface area contributed by atoms with E-state index in [1.807, 2.05) is 32.0 Å². The van der Waals surface area contributed by atoms with E-state index in [1.165, 1.54) is 6.92 Å². The molecule has 0 radical (unpaired) electrons. The summed E-state index contributed by atoms with van der Waals surface area (Å²) in [5.74, 6) is -0.931. The van der Waals surface area contributed by atoms with Crippen LogP contribution in [0.25, 0.3) is 0 Å². The Labute approximate surface area is 140 Å². The summed E-state index contributed by atoms with van der Waals surface area (Å²) >= 11 is 6.02. The van der Waals surface area contributed by atoms with E-state index in [9.17, 15) is 9.59 Å². The minimum Gasteiger partial charge on any atom is -0.449 e. The maximum absolute atomic E-state index is 12.1. The van der Waals surface area contributed by atoms with Gasteiger partial charge in [-0.3, -0.25) is 4.79 Å². The Bertz CT molecular complexity index is 743. The maximum Gasteiger partial charge on any atom is 0.339 e. The minimum atomic E-state index is -0.915. The van der Waals surface area contributed by atoms with Gasteiger partial charge in [0.05, 0.1) is 5.56 Å². The van der Waals surface area contributed by atoms with Crippen LogP contribution in [0.5, 0.6) is 0 Å². The van der Waals surface area contributed by atoms with Gasteiger partial charge in [-0.25, -0.2) is 4.79 Å². The van der Waals surface area contributed by atoms with Crippen molar-refractivity contribution >= 4 is 29.2 Å². The third-order valence-electron chi connectivity index (χ3n) is 3.46. The molecule has 2 aromatic carbocycles. The highest BCUT2D eigenvalue weighted by molar-refractivity contribution is 6.31. The molecule has 0 aliphatic carbocycles. The van der Waals surface area contributed by atoms with Crippen LogP contribution in [0.2, 0.25) is 5.02 Å². The van der Waals surface area contributed by atoms with Crippen molar-refractivity contribution in [1.29, 1.82) is 0 Å². The summed E-state index contributed by atoms with van der Waals surface area (Å²) in [4.78, 5) is 24.2. The Balaban J connectivity index is 2.01. The zero-order valence-electron chi connectivity index (χ0n) is 13.2. The first-order chi connectivity index (χ1) is 10.9. The minimum absolute atomic E-state index is 0.410. The Morgan fingerprint density at radius 2 is 1.78 bits per heavy atom. The molecular weight excluding hydrogens is 314 g/mol. The topological polar surface area (TPSA) is 55.4 Å². The third kappa shape index (κ3) is 4.33. The van der Waals surface area contributed by atoms with Gasteiger partial charge >= 0.3 is 5.97 Å². The summed E-state index contributed by atoms with van der Waals surface area (Å²) in [5.41, 5.74) is 2.73. The smallest absolute Gasteiger partial charge is 0.339 e. The van der Waals surface area contributed by atoms with E-state index in [2.05, 4.69) is 5.32 Å². The molecule has 0 unspecified atom stereocenters. The lowest BCUT2D eigenvalue weighted by atomic mass is 10.1. The van der Waals surface area contributed by atoms with E-state index >= 15 is 0 Å². The predicted molar refractivity (Wildman–Crippen MR) is 90.9 cm³/mol. The second-order valence-electron chi connectivity index (χ2n) is 5.32. The summed E-state index contributed by atoms with van der Waals surface area (Å²) in [7, 11) is 0. The summed E-state index contributed by atoms with van der Waals surface area (Å²) in [6.07, 6.45) is -0.915. The number of anilines is 1. The number of benzene rings is 2. The molecule has 0 saturated heterocycles. The van der Waals surface area contributed by atoms with Crippen LogP contribution >= 0.6 is 11.6 Å². The Hall–Kier alpha value is -2.33. The van der Waals surface area contributed by atoms with Gasteiger partial charge in [0.1, 0.15) is 0 Å². The monoisotopic (exact) mass is 331 g/mol. The molecule has 1 atom stereocenters. The number of nitrogens with one attached hydrogen (secondary N) is 1. The molecule has 0 fully saturated rings. The summed E-state index contributed by atoms with van der Waals surface area (Å²) in [5, 5.41) is 3.24. The van der Waals surface area contributed by atoms with Crippen molar-refractivity contribution in [2.75, 3.05) is 5.32 Å². The van der Waals surface area contributed by atoms with Gasteiger partial charge < -0.3 is 10.1 Å². The Kier molecular flexibility index (Phi) is 5.40. The van der Waals surface area contributed by atoms with Crippen molar-refractivity contribution in [3.05, 3.63) is 64.2 Å². The molecule has 120 valence electrons. The maximum atomic E-state index is 12.1. The van der Waals surface area contributed by atoms with Crippen LogP contribution in [0, 0.1) is 13.8 Å². The van der Waals surface area contributed by atoms with Crippen LogP contribution in [0.15, 0.2) is 42.5 Å². The molecule has 2 rings (SSSR count). The normalized spacial score (nSPS) is 11.7. The molecule has 1 amide bonds. The molecule has 2 aromatic rings. The van der Waals surface area contributed by atoms with Crippen LogP contribution < -0.4 is 5.32 Å². The molecule has 4 nitrogen and oxygen atoms in total. The van der Waals surface area contributed by atoms with Crippen LogP contribution in [-0.2, 0) is 9.53 Å². The Morgan fingerprint density at radius 3 is 2.43 bits per heavy atom. The molecule has 0 bridgehead atoms. The van der Waals surface area contributed by atoms with Crippen LogP contribution in [-0.4, -0.2) is 18.0 Å². The Morgan fingerprint density at radius 1 is 1.09 bits per heavy atom. The molecule has 5 heteroatoms. The third-order valence-corrected chi connectivity index (χ3v) is 3.86. The fourth-order valence-electron chi connectivity index (χ4n) is 1.99. The van der Waals surface area contributed by atoms with E-state index in [-0.39, 0.29) is 0 Å². The second-order valence-corrected chi connectivity index (χ2v) is 5.72. The number of hydrogen-bond acceptors (Lipinski definition) is 3. The number of carbonyl (C=O) groups is 2. The predicted octanol–water partition coefficient (Wildman–Crippen LogP) is 4.14. The van der Waals surface area contributed by atoms with Gasteiger partial charge in [-0.05, 0) is 50.1 Å². The van der Waals surface area contributed by atoms with E-state index in [1.54, 1.807) is 24.3 Å². The van der Waals surface area contributed by atoms with Gasteiger partial charge in [0.15, 0.2) is 6.10 Å². The SMILES string of the molecule is Cc1ccc(NC(=O)[C@H](C)OC(=O)c2ccccc2C)cc1Cl. The van der Waals surface area contributed by atoms with E-state index in [4.69, 9.17) is 16.3 Å². The average Bonchev–Trinajstić information content (AvgIpc) is 2.51. The van der Waals surface area contributed by atoms with Crippen LogP contribution in [0.3, 0.4) is 0 Å². The van der Waals surface area contributed by atoms with Crippen molar-refractivity contribution < 1.29 is 14.3 Å². The number of amides is 1. The van der Waals surface area contributed by atoms with Crippen LogP contribution in [0.1, 0.15) is 28.4 Å². The summed E-state index contributed by atoms with van der Waals surface area (Å²) in [6.45, 7) is 5.22. The number of halogens is 1. The average molecular weight is 332 g/mol. The molecule has 0 heterocycles. The number of rotatable bonds is 4. The number of ether oxygens (including phenoxy) is 1. The van der Waals surface area contributed by atoms with Gasteiger partial charge in [-0.15, -0.1) is 0 Å². The van der Waals surface area contributed by atoms with E-state index < -0.39 is 18.0 Å². The highest BCUT2D eigenvalue weighted by Crippen LogP contribution is 2.20. The second kappa shape index (κ2) is 7.29. The highest BCUT2D eigenvalue weighted by atomic mass is 35.5. The van der Waals surface area contributed by atoms with Gasteiger partial charge in [-0.1, -0.05) is 35.9 Å². The van der Waals surface area contributed by atoms with Gasteiger partial charge in [0, 0.05) is 10.7 Å². The lowest BCUT2D eigenvalue weighted by molar-refractivity contribution is -0.123. The van der Waals surface area contributed by atoms with E-state index in [0.717, 1.165) is 11.1 Å². The number of aryl methyl sites for hydroxylation is 2. The molecule has 0 aromatic heterocycles. The molecule has 0 aliphatic heterocycles.